The van der Waals surface area contributed by atoms with E-state index in [1.54, 1.807) is 37.3 Å². The van der Waals surface area contributed by atoms with E-state index in [1.165, 1.54) is 24.3 Å². The van der Waals surface area contributed by atoms with E-state index in [0.717, 1.165) is 11.6 Å². The lowest BCUT2D eigenvalue weighted by atomic mass is 9.89. The summed E-state index contributed by atoms with van der Waals surface area (Å²) in [4.78, 5) is 26.5. The number of anilines is 1. The number of halogens is 4. The number of hydrogen-bond acceptors (Lipinski definition) is 5. The van der Waals surface area contributed by atoms with Crippen LogP contribution in [0.3, 0.4) is 0 Å². The van der Waals surface area contributed by atoms with Gasteiger partial charge < -0.3 is 15.4 Å². The standard InChI is InChI=1S/C38H38ClF3N2O6S/c1-24-21-29(39)13-15-31(24)33-23-30(14-16-34(33)50-38(40,41)42)44-36(46)32(27-9-5-25(6-10-27)17-18-37(2,3)4)22-26-7-11-28(12-8-26)35(45)43-19-20-51(47,48)49/h5-18,21,23,32H,19-20,22H2,1-4H3,(H,43,45)(H,44,46)(H,47,48,49)/b18-17+. The lowest BCUT2D eigenvalue weighted by Gasteiger charge is -2.20. The third-order valence-electron chi connectivity index (χ3n) is 7.68. The zero-order valence-electron chi connectivity index (χ0n) is 28.3. The van der Waals surface area contributed by atoms with Crippen molar-refractivity contribution in [3.8, 4) is 16.9 Å². The van der Waals surface area contributed by atoms with Gasteiger partial charge in [-0.3, -0.25) is 14.1 Å². The molecule has 0 aliphatic carbocycles. The molecule has 8 nitrogen and oxygen atoms in total. The molecule has 270 valence electrons. The lowest BCUT2D eigenvalue weighted by Crippen LogP contribution is -2.28. The molecule has 13 heteroatoms. The van der Waals surface area contributed by atoms with E-state index in [1.807, 2.05) is 30.3 Å². The fourth-order valence-corrected chi connectivity index (χ4v) is 5.75. The van der Waals surface area contributed by atoms with Gasteiger partial charge in [0.25, 0.3) is 16.0 Å². The van der Waals surface area contributed by atoms with Crippen molar-refractivity contribution in [2.24, 2.45) is 5.41 Å². The first-order valence-corrected chi connectivity index (χ1v) is 17.8. The average molecular weight is 743 g/mol. The van der Waals surface area contributed by atoms with E-state index in [4.69, 9.17) is 16.2 Å². The van der Waals surface area contributed by atoms with Crippen LogP contribution in [0.15, 0.2) is 91.0 Å². The molecule has 4 aromatic carbocycles. The first-order chi connectivity index (χ1) is 23.8. The minimum absolute atomic E-state index is 0.0369. The van der Waals surface area contributed by atoms with Gasteiger partial charge in [0.2, 0.25) is 5.91 Å². The summed E-state index contributed by atoms with van der Waals surface area (Å²) in [6, 6.07) is 22.5. The van der Waals surface area contributed by atoms with E-state index in [-0.39, 0.29) is 35.2 Å². The molecule has 1 atom stereocenters. The zero-order chi connectivity index (χ0) is 37.6. The van der Waals surface area contributed by atoms with Crippen molar-refractivity contribution in [1.29, 1.82) is 0 Å². The van der Waals surface area contributed by atoms with Crippen LogP contribution in [0.2, 0.25) is 5.02 Å². The van der Waals surface area contributed by atoms with Crippen LogP contribution in [-0.4, -0.2) is 43.4 Å². The maximum atomic E-state index is 14.0. The quantitative estimate of drug-likeness (QED) is 0.125. The molecule has 0 radical (unpaired) electrons. The zero-order valence-corrected chi connectivity index (χ0v) is 29.9. The highest BCUT2D eigenvalue weighted by molar-refractivity contribution is 7.85. The van der Waals surface area contributed by atoms with E-state index in [9.17, 15) is 31.2 Å². The van der Waals surface area contributed by atoms with Crippen LogP contribution in [0.1, 0.15) is 59.3 Å². The van der Waals surface area contributed by atoms with Crippen molar-refractivity contribution in [3.05, 3.63) is 124 Å². The Morgan fingerprint density at radius 1 is 0.922 bits per heavy atom. The monoisotopic (exact) mass is 742 g/mol. The number of alkyl halides is 3. The molecule has 0 aromatic heterocycles. The van der Waals surface area contributed by atoms with Gasteiger partial charge in [-0.2, -0.15) is 8.42 Å². The van der Waals surface area contributed by atoms with E-state index < -0.39 is 45.7 Å². The van der Waals surface area contributed by atoms with Crippen LogP contribution in [0, 0.1) is 12.3 Å². The number of rotatable bonds is 12. The summed E-state index contributed by atoms with van der Waals surface area (Å²) in [7, 11) is -4.23. The van der Waals surface area contributed by atoms with Gasteiger partial charge in [0.05, 0.1) is 11.7 Å². The number of allylic oxidation sites excluding steroid dienone is 1. The fourth-order valence-electron chi connectivity index (χ4n) is 5.16. The van der Waals surface area contributed by atoms with Crippen LogP contribution >= 0.6 is 11.6 Å². The molecule has 0 spiro atoms. The summed E-state index contributed by atoms with van der Waals surface area (Å²) in [6.07, 6.45) is -0.691. The summed E-state index contributed by atoms with van der Waals surface area (Å²) >= 11 is 6.10. The molecule has 0 heterocycles. The van der Waals surface area contributed by atoms with Crippen molar-refractivity contribution >= 4 is 45.3 Å². The van der Waals surface area contributed by atoms with Crippen LogP contribution in [0.4, 0.5) is 18.9 Å². The van der Waals surface area contributed by atoms with Crippen molar-refractivity contribution in [2.45, 2.75) is 46.4 Å². The minimum Gasteiger partial charge on any atom is -0.405 e. The van der Waals surface area contributed by atoms with Crippen molar-refractivity contribution in [3.63, 3.8) is 0 Å². The molecule has 4 aromatic rings. The Morgan fingerprint density at radius 3 is 2.18 bits per heavy atom. The smallest absolute Gasteiger partial charge is 0.405 e. The van der Waals surface area contributed by atoms with Gasteiger partial charge in [-0.25, -0.2) is 0 Å². The topological polar surface area (TPSA) is 122 Å². The molecular formula is C38H38ClF3N2O6S. The molecule has 3 N–H and O–H groups in total. The number of nitrogens with one attached hydrogen (secondary N) is 2. The molecule has 51 heavy (non-hydrogen) atoms. The largest absolute Gasteiger partial charge is 0.573 e. The molecule has 0 bridgehead atoms. The number of amides is 2. The van der Waals surface area contributed by atoms with Crippen LogP contribution < -0.4 is 15.4 Å². The number of ether oxygens (including phenoxy) is 1. The molecular weight excluding hydrogens is 705 g/mol. The average Bonchev–Trinajstić information content (AvgIpc) is 3.02. The summed E-state index contributed by atoms with van der Waals surface area (Å²) in [5, 5.41) is 5.70. The Hall–Kier alpha value is -4.65. The van der Waals surface area contributed by atoms with E-state index >= 15 is 0 Å². The number of aryl methyl sites for hydroxylation is 1. The van der Waals surface area contributed by atoms with Crippen LogP contribution in [0.25, 0.3) is 17.2 Å². The SMILES string of the molecule is Cc1cc(Cl)ccc1-c1cc(NC(=O)C(Cc2ccc(C(=O)NCCS(=O)(=O)O)cc2)c2ccc(/C=C/C(C)(C)C)cc2)ccc1OC(F)(F)F. The van der Waals surface area contributed by atoms with Gasteiger partial charge >= 0.3 is 6.36 Å². The molecule has 2 amide bonds. The molecule has 0 fully saturated rings. The Morgan fingerprint density at radius 2 is 1.59 bits per heavy atom. The van der Waals surface area contributed by atoms with Gasteiger partial charge in [-0.05, 0) is 89.0 Å². The molecule has 0 aliphatic heterocycles. The first-order valence-electron chi connectivity index (χ1n) is 15.8. The predicted octanol–water partition coefficient (Wildman–Crippen LogP) is 8.86. The summed E-state index contributed by atoms with van der Waals surface area (Å²) in [5.41, 5.74) is 3.91. The van der Waals surface area contributed by atoms with Crippen molar-refractivity contribution in [1.82, 2.24) is 5.32 Å². The number of carbonyl (C=O) groups is 2. The van der Waals surface area contributed by atoms with Crippen molar-refractivity contribution in [2.75, 3.05) is 17.6 Å². The van der Waals surface area contributed by atoms with Crippen molar-refractivity contribution < 1.29 is 40.5 Å². The van der Waals surface area contributed by atoms with Gasteiger partial charge in [0.1, 0.15) is 5.75 Å². The summed E-state index contributed by atoms with van der Waals surface area (Å²) in [5.74, 6) is -2.79. The Balaban J connectivity index is 1.65. The van der Waals surface area contributed by atoms with Gasteiger partial charge in [-0.15, -0.1) is 13.2 Å². The maximum Gasteiger partial charge on any atom is 0.573 e. The third-order valence-corrected chi connectivity index (χ3v) is 8.64. The third kappa shape index (κ3) is 12.3. The van der Waals surface area contributed by atoms with Gasteiger partial charge in [-0.1, -0.05) is 87.0 Å². The summed E-state index contributed by atoms with van der Waals surface area (Å²) < 4.78 is 75.2. The number of hydrogen-bond donors (Lipinski definition) is 3. The van der Waals surface area contributed by atoms with E-state index in [2.05, 4.69) is 42.2 Å². The van der Waals surface area contributed by atoms with E-state index in [0.29, 0.717) is 27.3 Å². The molecule has 1 unspecified atom stereocenters. The number of carbonyl (C=O) groups excluding carboxylic acids is 2. The van der Waals surface area contributed by atoms with Crippen LogP contribution in [-0.2, 0) is 21.3 Å². The highest BCUT2D eigenvalue weighted by Crippen LogP contribution is 2.38. The predicted molar refractivity (Wildman–Crippen MR) is 194 cm³/mol. The van der Waals surface area contributed by atoms with Crippen LogP contribution in [0.5, 0.6) is 5.75 Å². The second-order valence-corrected chi connectivity index (χ2v) is 15.1. The normalized spacial score (nSPS) is 12.8. The maximum absolute atomic E-state index is 14.0. The molecule has 0 saturated carbocycles. The van der Waals surface area contributed by atoms with Gasteiger partial charge in [0, 0.05) is 28.4 Å². The highest BCUT2D eigenvalue weighted by Gasteiger charge is 2.33. The molecule has 0 saturated heterocycles. The van der Waals surface area contributed by atoms with Gasteiger partial charge in [0.15, 0.2) is 0 Å². The first kappa shape index (κ1) is 39.1. The lowest BCUT2D eigenvalue weighted by molar-refractivity contribution is -0.274. The highest BCUT2D eigenvalue weighted by atomic mass is 35.5. The fraction of sp³-hybridized carbons (Fsp3) is 0.263. The minimum atomic E-state index is -4.95. The molecule has 4 rings (SSSR count). The Bertz CT molecular complexity index is 2010. The molecule has 0 aliphatic rings. The number of benzene rings is 4. The Kier molecular flexibility index (Phi) is 12.4. The summed E-state index contributed by atoms with van der Waals surface area (Å²) in [6.45, 7) is 7.66. The second-order valence-electron chi connectivity index (χ2n) is 13.1. The second kappa shape index (κ2) is 16.1. The Labute approximate surface area is 300 Å².